The number of carbonyl (C=O) groups is 1. The quantitative estimate of drug-likeness (QED) is 0.743. The van der Waals surface area contributed by atoms with Crippen LogP contribution in [0.1, 0.15) is 39.5 Å². The van der Waals surface area contributed by atoms with Crippen LogP contribution in [0.3, 0.4) is 0 Å². The highest BCUT2D eigenvalue weighted by atomic mass is 16.2. The molecule has 2 unspecified atom stereocenters. The fourth-order valence-corrected chi connectivity index (χ4v) is 4.48. The van der Waals surface area contributed by atoms with Crippen LogP contribution in [0.2, 0.25) is 0 Å². The van der Waals surface area contributed by atoms with Crippen LogP contribution in [-0.4, -0.2) is 49.1 Å². The predicted octanol–water partition coefficient (Wildman–Crippen LogP) is 0.975. The Morgan fingerprint density at radius 3 is 2.68 bits per heavy atom. The second kappa shape index (κ2) is 5.06. The zero-order valence-electron chi connectivity index (χ0n) is 12.2. The van der Waals surface area contributed by atoms with Gasteiger partial charge >= 0.3 is 0 Å². The third-order valence-electron chi connectivity index (χ3n) is 5.31. The van der Waals surface area contributed by atoms with E-state index in [9.17, 15) is 4.79 Å². The van der Waals surface area contributed by atoms with Gasteiger partial charge in [-0.05, 0) is 39.2 Å². The zero-order chi connectivity index (χ0) is 13.5. The number of piperazine rings is 1. The lowest BCUT2D eigenvalue weighted by molar-refractivity contribution is -0.147. The molecule has 0 spiro atoms. The first-order valence-corrected chi connectivity index (χ1v) is 7.88. The largest absolute Gasteiger partial charge is 0.339 e. The van der Waals surface area contributed by atoms with Crippen LogP contribution < -0.4 is 10.6 Å². The fraction of sp³-hybridized carbons (Fsp3) is 0.933. The Kier molecular flexibility index (Phi) is 3.56. The molecule has 4 heteroatoms. The average Bonchev–Trinajstić information content (AvgIpc) is 2.81. The van der Waals surface area contributed by atoms with Crippen molar-refractivity contribution in [2.24, 2.45) is 11.3 Å². The highest BCUT2D eigenvalue weighted by Crippen LogP contribution is 2.45. The van der Waals surface area contributed by atoms with Gasteiger partial charge in [0.1, 0.15) is 0 Å². The Labute approximate surface area is 116 Å². The smallest absolute Gasteiger partial charge is 0.230 e. The summed E-state index contributed by atoms with van der Waals surface area (Å²) in [6, 6.07) is 0.834. The van der Waals surface area contributed by atoms with Gasteiger partial charge in [-0.1, -0.05) is 12.8 Å². The molecule has 4 atom stereocenters. The first-order valence-electron chi connectivity index (χ1n) is 7.88. The Balaban J connectivity index is 1.78. The van der Waals surface area contributed by atoms with E-state index >= 15 is 0 Å². The fourth-order valence-electron chi connectivity index (χ4n) is 4.48. The molecule has 1 amide bonds. The molecule has 1 saturated carbocycles. The minimum atomic E-state index is -0.0744. The summed E-state index contributed by atoms with van der Waals surface area (Å²) in [5.74, 6) is 1.01. The van der Waals surface area contributed by atoms with Gasteiger partial charge in [-0.15, -0.1) is 0 Å². The number of amides is 1. The molecule has 19 heavy (non-hydrogen) atoms. The third kappa shape index (κ3) is 2.29. The minimum absolute atomic E-state index is 0.0744. The van der Waals surface area contributed by atoms with E-state index in [0.29, 0.717) is 23.9 Å². The summed E-state index contributed by atoms with van der Waals surface area (Å²) in [5.41, 5.74) is -0.0744. The van der Waals surface area contributed by atoms with E-state index in [4.69, 9.17) is 0 Å². The van der Waals surface area contributed by atoms with Crippen molar-refractivity contribution in [3.63, 3.8) is 0 Å². The van der Waals surface area contributed by atoms with Crippen LogP contribution in [0.15, 0.2) is 0 Å². The maximum absolute atomic E-state index is 13.1. The van der Waals surface area contributed by atoms with Gasteiger partial charge < -0.3 is 15.5 Å². The van der Waals surface area contributed by atoms with Crippen molar-refractivity contribution in [3.05, 3.63) is 0 Å². The maximum atomic E-state index is 13.1. The van der Waals surface area contributed by atoms with E-state index in [1.54, 1.807) is 0 Å². The number of fused-ring (bicyclic) bond motifs is 1. The standard InChI is InChI=1S/C15H27N3O/c1-11-8-18(9-12(2)17-11)14(19)15-6-4-3-5-13(15)7-16-10-15/h11-13,16-17H,3-10H2,1-2H3/t11?,12?,13-,15+/m0/s1. The van der Waals surface area contributed by atoms with Crippen molar-refractivity contribution in [1.29, 1.82) is 0 Å². The topological polar surface area (TPSA) is 44.4 Å². The number of nitrogens with one attached hydrogen (secondary N) is 2. The lowest BCUT2D eigenvalue weighted by Crippen LogP contribution is -2.60. The predicted molar refractivity (Wildman–Crippen MR) is 75.9 cm³/mol. The number of rotatable bonds is 1. The molecular weight excluding hydrogens is 238 g/mol. The normalized spacial score (nSPS) is 43.1. The molecule has 1 aliphatic carbocycles. The van der Waals surface area contributed by atoms with Crippen molar-refractivity contribution in [3.8, 4) is 0 Å². The summed E-state index contributed by atoms with van der Waals surface area (Å²) in [7, 11) is 0. The van der Waals surface area contributed by atoms with Gasteiger partial charge in [0.25, 0.3) is 0 Å². The van der Waals surface area contributed by atoms with E-state index in [1.165, 1.54) is 19.3 Å². The molecule has 108 valence electrons. The second-order valence-corrected chi connectivity index (χ2v) is 6.91. The van der Waals surface area contributed by atoms with E-state index in [0.717, 1.165) is 32.6 Å². The summed E-state index contributed by atoms with van der Waals surface area (Å²) in [6.45, 7) is 8.05. The highest BCUT2D eigenvalue weighted by molar-refractivity contribution is 5.84. The lowest BCUT2D eigenvalue weighted by Gasteiger charge is -2.44. The van der Waals surface area contributed by atoms with Gasteiger partial charge in [0.2, 0.25) is 5.91 Å². The highest BCUT2D eigenvalue weighted by Gasteiger charge is 2.51. The first-order chi connectivity index (χ1) is 9.12. The average molecular weight is 265 g/mol. The summed E-state index contributed by atoms with van der Waals surface area (Å²) in [5, 5.41) is 7.00. The molecule has 0 aromatic heterocycles. The van der Waals surface area contributed by atoms with E-state index < -0.39 is 0 Å². The SMILES string of the molecule is CC1CN(C(=O)[C@@]23CCCC[C@H]2CNC3)CC(C)N1. The van der Waals surface area contributed by atoms with Gasteiger partial charge in [-0.25, -0.2) is 0 Å². The van der Waals surface area contributed by atoms with Crippen LogP contribution in [0.5, 0.6) is 0 Å². The van der Waals surface area contributed by atoms with Gasteiger partial charge in [-0.2, -0.15) is 0 Å². The second-order valence-electron chi connectivity index (χ2n) is 6.91. The third-order valence-corrected chi connectivity index (χ3v) is 5.31. The number of carbonyl (C=O) groups excluding carboxylic acids is 1. The van der Waals surface area contributed by atoms with Crippen molar-refractivity contribution in [1.82, 2.24) is 15.5 Å². The minimum Gasteiger partial charge on any atom is -0.339 e. The molecule has 0 aromatic carbocycles. The molecule has 2 saturated heterocycles. The van der Waals surface area contributed by atoms with Crippen LogP contribution in [0, 0.1) is 11.3 Å². The van der Waals surface area contributed by atoms with Crippen molar-refractivity contribution >= 4 is 5.91 Å². The van der Waals surface area contributed by atoms with Gasteiger partial charge in [-0.3, -0.25) is 4.79 Å². The Morgan fingerprint density at radius 1 is 1.21 bits per heavy atom. The molecule has 0 bridgehead atoms. The van der Waals surface area contributed by atoms with Crippen molar-refractivity contribution < 1.29 is 4.79 Å². The maximum Gasteiger partial charge on any atom is 0.230 e. The number of nitrogens with zero attached hydrogens (tertiary/aromatic N) is 1. The van der Waals surface area contributed by atoms with Crippen LogP contribution >= 0.6 is 0 Å². The molecule has 4 nitrogen and oxygen atoms in total. The Morgan fingerprint density at radius 2 is 1.95 bits per heavy atom. The summed E-state index contributed by atoms with van der Waals surface area (Å²) < 4.78 is 0. The number of hydrogen-bond donors (Lipinski definition) is 2. The molecule has 3 fully saturated rings. The van der Waals surface area contributed by atoms with Gasteiger partial charge in [0.05, 0.1) is 5.41 Å². The molecule has 2 N–H and O–H groups in total. The summed E-state index contributed by atoms with van der Waals surface area (Å²) in [6.07, 6.45) is 4.85. The summed E-state index contributed by atoms with van der Waals surface area (Å²) >= 11 is 0. The zero-order valence-corrected chi connectivity index (χ0v) is 12.2. The molecule has 0 radical (unpaired) electrons. The van der Waals surface area contributed by atoms with E-state index in [2.05, 4.69) is 29.4 Å². The van der Waals surface area contributed by atoms with Crippen LogP contribution in [0.4, 0.5) is 0 Å². The van der Waals surface area contributed by atoms with Crippen molar-refractivity contribution in [2.45, 2.75) is 51.6 Å². The molecule has 2 aliphatic heterocycles. The van der Waals surface area contributed by atoms with Crippen molar-refractivity contribution in [2.75, 3.05) is 26.2 Å². The molecule has 0 aromatic rings. The van der Waals surface area contributed by atoms with E-state index in [1.807, 2.05) is 0 Å². The monoisotopic (exact) mass is 265 g/mol. The molecule has 3 rings (SSSR count). The first kappa shape index (κ1) is 13.4. The van der Waals surface area contributed by atoms with Crippen LogP contribution in [0.25, 0.3) is 0 Å². The van der Waals surface area contributed by atoms with Crippen LogP contribution in [-0.2, 0) is 4.79 Å². The Bertz CT molecular complexity index is 349. The number of hydrogen-bond acceptors (Lipinski definition) is 3. The van der Waals surface area contributed by atoms with Gasteiger partial charge in [0, 0.05) is 31.7 Å². The summed E-state index contributed by atoms with van der Waals surface area (Å²) in [4.78, 5) is 15.2. The Hall–Kier alpha value is -0.610. The van der Waals surface area contributed by atoms with E-state index in [-0.39, 0.29) is 5.41 Å². The van der Waals surface area contributed by atoms with Gasteiger partial charge in [0.15, 0.2) is 0 Å². The molecular formula is C15H27N3O. The lowest BCUT2D eigenvalue weighted by atomic mass is 9.67. The molecule has 3 aliphatic rings. The molecule has 2 heterocycles.